The van der Waals surface area contributed by atoms with E-state index in [1.807, 2.05) is 6.92 Å². The van der Waals surface area contributed by atoms with E-state index in [0.29, 0.717) is 11.8 Å². The normalized spacial score (nSPS) is 21.5. The van der Waals surface area contributed by atoms with E-state index < -0.39 is 5.60 Å². The van der Waals surface area contributed by atoms with Crippen molar-refractivity contribution in [3.05, 3.63) is 0 Å². The molecule has 0 aromatic rings. The van der Waals surface area contributed by atoms with Crippen LogP contribution < -0.4 is 0 Å². The fourth-order valence-electron chi connectivity index (χ4n) is 1.62. The first-order valence-electron chi connectivity index (χ1n) is 5.19. The van der Waals surface area contributed by atoms with Crippen LogP contribution in [0.4, 0.5) is 0 Å². The zero-order valence-corrected chi connectivity index (χ0v) is 9.22. The smallest absolute Gasteiger partial charge is 0.0670 e. The Balaban J connectivity index is 4.16. The molecule has 0 rings (SSSR count). The van der Waals surface area contributed by atoms with Gasteiger partial charge in [-0.15, -0.1) is 0 Å². The van der Waals surface area contributed by atoms with Gasteiger partial charge in [0.1, 0.15) is 0 Å². The minimum Gasteiger partial charge on any atom is -0.390 e. The summed E-state index contributed by atoms with van der Waals surface area (Å²) >= 11 is 0. The van der Waals surface area contributed by atoms with Gasteiger partial charge in [0, 0.05) is 0 Å². The van der Waals surface area contributed by atoms with Crippen LogP contribution in [0.5, 0.6) is 0 Å². The average molecular weight is 172 g/mol. The summed E-state index contributed by atoms with van der Waals surface area (Å²) in [6.45, 7) is 10.6. The van der Waals surface area contributed by atoms with Crippen LogP contribution >= 0.6 is 0 Å². The maximum atomic E-state index is 10.2. The maximum absolute atomic E-state index is 10.2. The number of rotatable bonds is 5. The Morgan fingerprint density at radius 1 is 1.17 bits per heavy atom. The van der Waals surface area contributed by atoms with E-state index in [9.17, 15) is 5.11 Å². The van der Waals surface area contributed by atoms with Gasteiger partial charge in [0.2, 0.25) is 0 Å². The third kappa shape index (κ3) is 2.78. The molecule has 0 aliphatic carbocycles. The van der Waals surface area contributed by atoms with Crippen LogP contribution in [0, 0.1) is 11.8 Å². The maximum Gasteiger partial charge on any atom is 0.0670 e. The lowest BCUT2D eigenvalue weighted by atomic mass is 9.77. The van der Waals surface area contributed by atoms with Crippen molar-refractivity contribution < 1.29 is 5.11 Å². The molecule has 74 valence electrons. The fourth-order valence-corrected chi connectivity index (χ4v) is 1.62. The summed E-state index contributed by atoms with van der Waals surface area (Å²) in [6.07, 6.45) is 3.34. The Morgan fingerprint density at radius 2 is 1.67 bits per heavy atom. The topological polar surface area (TPSA) is 20.2 Å². The van der Waals surface area contributed by atoms with Gasteiger partial charge in [0.15, 0.2) is 0 Å². The van der Waals surface area contributed by atoms with Gasteiger partial charge in [0.25, 0.3) is 0 Å². The molecule has 3 atom stereocenters. The Hall–Kier alpha value is -0.0400. The molecule has 0 radical (unpaired) electrons. The molecule has 3 unspecified atom stereocenters. The second-order valence-electron chi connectivity index (χ2n) is 4.22. The quantitative estimate of drug-likeness (QED) is 0.675. The van der Waals surface area contributed by atoms with Gasteiger partial charge in [-0.1, -0.05) is 40.5 Å². The van der Waals surface area contributed by atoms with Gasteiger partial charge in [-0.3, -0.25) is 0 Å². The van der Waals surface area contributed by atoms with E-state index >= 15 is 0 Å². The minimum absolute atomic E-state index is 0.402. The molecule has 0 amide bonds. The lowest BCUT2D eigenvalue weighted by Crippen LogP contribution is -2.39. The van der Waals surface area contributed by atoms with Crippen molar-refractivity contribution in [2.24, 2.45) is 11.8 Å². The van der Waals surface area contributed by atoms with E-state index in [4.69, 9.17) is 0 Å². The van der Waals surface area contributed by atoms with Crippen molar-refractivity contribution in [3.63, 3.8) is 0 Å². The monoisotopic (exact) mass is 172 g/mol. The lowest BCUT2D eigenvalue weighted by molar-refractivity contribution is -0.0457. The van der Waals surface area contributed by atoms with Gasteiger partial charge in [-0.25, -0.2) is 0 Å². The van der Waals surface area contributed by atoms with Gasteiger partial charge >= 0.3 is 0 Å². The Bertz CT molecular complexity index is 118. The molecule has 0 aliphatic rings. The van der Waals surface area contributed by atoms with E-state index in [2.05, 4.69) is 27.7 Å². The Kier molecular flexibility index (Phi) is 4.84. The molecule has 12 heavy (non-hydrogen) atoms. The molecule has 1 nitrogen and oxygen atoms in total. The highest BCUT2D eigenvalue weighted by atomic mass is 16.3. The number of aliphatic hydroxyl groups is 1. The predicted molar refractivity (Wildman–Crippen MR) is 54.2 cm³/mol. The second kappa shape index (κ2) is 4.86. The Morgan fingerprint density at radius 3 is 2.00 bits per heavy atom. The van der Waals surface area contributed by atoms with Crippen molar-refractivity contribution in [2.45, 2.75) is 59.5 Å². The standard InChI is InChI=1S/C11H24O/c1-6-8-10(4)11(5,12)9(3)7-2/h9-10,12H,6-8H2,1-5H3. The van der Waals surface area contributed by atoms with E-state index in [1.165, 1.54) is 0 Å². The van der Waals surface area contributed by atoms with Crippen LogP contribution in [0.2, 0.25) is 0 Å². The predicted octanol–water partition coefficient (Wildman–Crippen LogP) is 3.22. The molecule has 1 N–H and O–H groups in total. The summed E-state index contributed by atoms with van der Waals surface area (Å²) < 4.78 is 0. The fraction of sp³-hybridized carbons (Fsp3) is 1.00. The third-order valence-corrected chi connectivity index (χ3v) is 3.33. The van der Waals surface area contributed by atoms with Crippen molar-refractivity contribution in [1.29, 1.82) is 0 Å². The number of hydrogen-bond acceptors (Lipinski definition) is 1. The third-order valence-electron chi connectivity index (χ3n) is 3.33. The highest BCUT2D eigenvalue weighted by Gasteiger charge is 2.32. The van der Waals surface area contributed by atoms with Crippen LogP contribution in [0.1, 0.15) is 53.9 Å². The van der Waals surface area contributed by atoms with Crippen molar-refractivity contribution in [2.75, 3.05) is 0 Å². The molecule has 0 fully saturated rings. The van der Waals surface area contributed by atoms with Gasteiger partial charge in [0.05, 0.1) is 5.60 Å². The van der Waals surface area contributed by atoms with Crippen LogP contribution in [0.25, 0.3) is 0 Å². The summed E-state index contributed by atoms with van der Waals surface area (Å²) in [5, 5.41) is 10.2. The van der Waals surface area contributed by atoms with E-state index in [-0.39, 0.29) is 0 Å². The van der Waals surface area contributed by atoms with E-state index in [0.717, 1.165) is 19.3 Å². The molecular formula is C11H24O. The molecule has 0 heterocycles. The summed E-state index contributed by atoms with van der Waals surface area (Å²) in [6, 6.07) is 0. The summed E-state index contributed by atoms with van der Waals surface area (Å²) in [5.74, 6) is 0.816. The highest BCUT2D eigenvalue weighted by Crippen LogP contribution is 2.30. The summed E-state index contributed by atoms with van der Waals surface area (Å²) in [5.41, 5.74) is -0.481. The molecule has 0 spiro atoms. The van der Waals surface area contributed by atoms with Crippen molar-refractivity contribution in [3.8, 4) is 0 Å². The van der Waals surface area contributed by atoms with Gasteiger partial charge < -0.3 is 5.11 Å². The average Bonchev–Trinajstić information content (AvgIpc) is 2.03. The van der Waals surface area contributed by atoms with Crippen LogP contribution in [-0.4, -0.2) is 10.7 Å². The van der Waals surface area contributed by atoms with Crippen LogP contribution in [0.3, 0.4) is 0 Å². The highest BCUT2D eigenvalue weighted by molar-refractivity contribution is 4.83. The summed E-state index contributed by atoms with van der Waals surface area (Å²) in [7, 11) is 0. The van der Waals surface area contributed by atoms with Crippen LogP contribution in [-0.2, 0) is 0 Å². The lowest BCUT2D eigenvalue weighted by Gasteiger charge is -2.35. The van der Waals surface area contributed by atoms with Gasteiger partial charge in [-0.2, -0.15) is 0 Å². The Labute approximate surface area is 77.2 Å². The summed E-state index contributed by atoms with van der Waals surface area (Å²) in [4.78, 5) is 0. The second-order valence-corrected chi connectivity index (χ2v) is 4.22. The molecule has 0 saturated heterocycles. The molecule has 0 aliphatic heterocycles. The minimum atomic E-state index is -0.481. The molecule has 0 saturated carbocycles. The molecule has 0 bridgehead atoms. The van der Waals surface area contributed by atoms with Gasteiger partial charge in [-0.05, 0) is 25.2 Å². The van der Waals surface area contributed by atoms with Crippen molar-refractivity contribution in [1.82, 2.24) is 0 Å². The first-order valence-corrected chi connectivity index (χ1v) is 5.19. The van der Waals surface area contributed by atoms with Crippen molar-refractivity contribution >= 4 is 0 Å². The number of hydrogen-bond donors (Lipinski definition) is 1. The molecular weight excluding hydrogens is 148 g/mol. The molecule has 0 aromatic heterocycles. The largest absolute Gasteiger partial charge is 0.390 e. The SMILES string of the molecule is CCCC(C)C(C)(O)C(C)CC. The first-order chi connectivity index (χ1) is 5.46. The molecule has 1 heteroatoms. The zero-order valence-electron chi connectivity index (χ0n) is 9.22. The first kappa shape index (κ1) is 12.0. The zero-order chi connectivity index (χ0) is 9.78. The molecule has 0 aromatic carbocycles. The van der Waals surface area contributed by atoms with Crippen LogP contribution in [0.15, 0.2) is 0 Å². The van der Waals surface area contributed by atoms with E-state index in [1.54, 1.807) is 0 Å².